The number of nitrogens with one attached hydrogen (secondary N) is 1. The zero-order valence-corrected chi connectivity index (χ0v) is 16.8. The van der Waals surface area contributed by atoms with Crippen LogP contribution in [0.2, 0.25) is 0 Å². The zero-order valence-electron chi connectivity index (χ0n) is 16.8. The first-order valence-electron chi connectivity index (χ1n) is 10.8. The first-order valence-corrected chi connectivity index (χ1v) is 10.8. The van der Waals surface area contributed by atoms with Gasteiger partial charge in [0.2, 0.25) is 0 Å². The molecule has 5 rings (SSSR count). The largest absolute Gasteiger partial charge is 0.508 e. The number of nitrogens with zero attached hydrogens (tertiary/aromatic N) is 1. The van der Waals surface area contributed by atoms with Gasteiger partial charge in [-0.1, -0.05) is 31.2 Å². The van der Waals surface area contributed by atoms with Crippen molar-refractivity contribution in [2.45, 2.75) is 38.1 Å². The number of benzene rings is 2. The summed E-state index contributed by atoms with van der Waals surface area (Å²) in [4.78, 5) is 15.1. The third-order valence-electron chi connectivity index (χ3n) is 6.93. The van der Waals surface area contributed by atoms with Crippen LogP contribution in [0.25, 0.3) is 0 Å². The first-order chi connectivity index (χ1) is 14.1. The van der Waals surface area contributed by atoms with Crippen LogP contribution in [0.4, 0.5) is 5.69 Å². The Morgan fingerprint density at radius 2 is 1.86 bits per heavy atom. The summed E-state index contributed by atoms with van der Waals surface area (Å²) in [6.45, 7) is 4.00. The minimum absolute atomic E-state index is 0.166. The summed E-state index contributed by atoms with van der Waals surface area (Å²) in [5.41, 5.74) is 4.34. The van der Waals surface area contributed by atoms with Crippen LogP contribution in [-0.4, -0.2) is 29.0 Å². The topological polar surface area (TPSA) is 52.6 Å². The average Bonchev–Trinajstić information content (AvgIpc) is 3.24. The molecule has 1 saturated heterocycles. The van der Waals surface area contributed by atoms with Crippen LogP contribution in [0, 0.1) is 11.8 Å². The Kier molecular flexibility index (Phi) is 4.57. The number of phenols is 1. The molecule has 0 aromatic heterocycles. The molecule has 4 nitrogen and oxygen atoms in total. The molecule has 2 heterocycles. The van der Waals surface area contributed by atoms with E-state index in [4.69, 9.17) is 0 Å². The summed E-state index contributed by atoms with van der Waals surface area (Å²) in [7, 11) is 0. The van der Waals surface area contributed by atoms with Crippen LogP contribution < -0.4 is 5.32 Å². The Labute approximate surface area is 172 Å². The first kappa shape index (κ1) is 18.3. The number of anilines is 1. The molecule has 0 bridgehead atoms. The molecule has 150 valence electrons. The van der Waals surface area contributed by atoms with Gasteiger partial charge in [0.15, 0.2) is 0 Å². The number of hydrogen-bond acceptors (Lipinski definition) is 3. The summed E-state index contributed by atoms with van der Waals surface area (Å²) in [6, 6.07) is 13.9. The number of amides is 1. The van der Waals surface area contributed by atoms with Gasteiger partial charge < -0.3 is 15.3 Å². The van der Waals surface area contributed by atoms with Gasteiger partial charge in [0.25, 0.3) is 5.91 Å². The molecular formula is C25H28N2O2. The Morgan fingerprint density at radius 3 is 2.62 bits per heavy atom. The van der Waals surface area contributed by atoms with Crippen molar-refractivity contribution in [3.63, 3.8) is 0 Å². The van der Waals surface area contributed by atoms with Crippen molar-refractivity contribution in [3.8, 4) is 5.75 Å². The van der Waals surface area contributed by atoms with E-state index in [0.717, 1.165) is 43.6 Å². The molecule has 4 heteroatoms. The molecule has 2 aromatic carbocycles. The van der Waals surface area contributed by atoms with Crippen molar-refractivity contribution in [3.05, 3.63) is 71.3 Å². The van der Waals surface area contributed by atoms with E-state index < -0.39 is 0 Å². The molecular weight excluding hydrogens is 360 g/mol. The average molecular weight is 389 g/mol. The van der Waals surface area contributed by atoms with E-state index in [0.29, 0.717) is 23.5 Å². The third-order valence-corrected chi connectivity index (χ3v) is 6.93. The number of hydrogen-bond donors (Lipinski definition) is 2. The second-order valence-electron chi connectivity index (χ2n) is 8.84. The number of carbonyl (C=O) groups excluding carboxylic acids is 1. The molecule has 3 aliphatic rings. The van der Waals surface area contributed by atoms with Gasteiger partial charge in [-0.15, -0.1) is 0 Å². The molecule has 2 N–H and O–H groups in total. The Bertz CT molecular complexity index is 942. The van der Waals surface area contributed by atoms with Crippen molar-refractivity contribution in [1.82, 2.24) is 4.90 Å². The number of aromatic hydroxyl groups is 1. The molecule has 0 spiro atoms. The smallest absolute Gasteiger partial charge is 0.253 e. The molecule has 3 atom stereocenters. The van der Waals surface area contributed by atoms with Crippen LogP contribution in [0.3, 0.4) is 0 Å². The van der Waals surface area contributed by atoms with Gasteiger partial charge in [0.05, 0.1) is 6.04 Å². The minimum atomic E-state index is 0.166. The predicted molar refractivity (Wildman–Crippen MR) is 115 cm³/mol. The molecule has 2 aliphatic heterocycles. The summed E-state index contributed by atoms with van der Waals surface area (Å²) in [5, 5.41) is 13.3. The monoisotopic (exact) mass is 388 g/mol. The van der Waals surface area contributed by atoms with Crippen LogP contribution in [-0.2, 0) is 0 Å². The van der Waals surface area contributed by atoms with Crippen molar-refractivity contribution in [2.24, 2.45) is 11.8 Å². The number of phenolic OH excluding ortho intramolecular Hbond substituents is 1. The lowest BCUT2D eigenvalue weighted by molar-refractivity contribution is 0.0697. The summed E-state index contributed by atoms with van der Waals surface area (Å²) in [6.07, 6.45) is 7.78. The standard InChI is InChI=1S/C25H28N2O2/c1-16-11-13-27(14-12-16)25(29)18-7-10-23-22(15-18)20-3-2-4-21(20)24(26-23)17-5-8-19(28)9-6-17/h2-3,5-10,15-16,20-21,24,26,28H,4,11-14H2,1H3. The van der Waals surface area contributed by atoms with Gasteiger partial charge in [-0.25, -0.2) is 0 Å². The summed E-state index contributed by atoms with van der Waals surface area (Å²) in [5.74, 6) is 1.92. The van der Waals surface area contributed by atoms with Crippen LogP contribution in [0.1, 0.15) is 59.6 Å². The number of fused-ring (bicyclic) bond motifs is 3. The lowest BCUT2D eigenvalue weighted by Crippen LogP contribution is -2.38. The van der Waals surface area contributed by atoms with E-state index in [1.54, 1.807) is 12.1 Å². The highest BCUT2D eigenvalue weighted by Crippen LogP contribution is 2.50. The van der Waals surface area contributed by atoms with Gasteiger partial charge in [-0.05, 0) is 72.6 Å². The fourth-order valence-corrected chi connectivity index (χ4v) is 5.13. The van der Waals surface area contributed by atoms with Crippen LogP contribution in [0.15, 0.2) is 54.6 Å². The Morgan fingerprint density at radius 1 is 1.10 bits per heavy atom. The maximum atomic E-state index is 13.1. The molecule has 2 aromatic rings. The van der Waals surface area contributed by atoms with E-state index in [2.05, 4.69) is 36.5 Å². The van der Waals surface area contributed by atoms with E-state index in [9.17, 15) is 9.90 Å². The highest BCUT2D eigenvalue weighted by Gasteiger charge is 2.38. The predicted octanol–water partition coefficient (Wildman–Crippen LogP) is 5.09. The maximum absolute atomic E-state index is 13.1. The van der Waals surface area contributed by atoms with Gasteiger partial charge in [-0.3, -0.25) is 4.79 Å². The SMILES string of the molecule is CC1CCN(C(=O)c2ccc3c(c2)C2C=CCC2C(c2ccc(O)cc2)N3)CC1. The lowest BCUT2D eigenvalue weighted by atomic mass is 9.76. The highest BCUT2D eigenvalue weighted by atomic mass is 16.3. The number of likely N-dealkylation sites (tertiary alicyclic amines) is 1. The van der Waals surface area contributed by atoms with E-state index in [1.807, 2.05) is 23.1 Å². The van der Waals surface area contributed by atoms with Gasteiger partial charge in [0, 0.05) is 30.3 Å². The Hall–Kier alpha value is -2.75. The molecule has 1 amide bonds. The second kappa shape index (κ2) is 7.25. The van der Waals surface area contributed by atoms with Gasteiger partial charge in [-0.2, -0.15) is 0 Å². The molecule has 0 saturated carbocycles. The normalized spacial score (nSPS) is 26.0. The van der Waals surface area contributed by atoms with E-state index in [1.165, 1.54) is 11.1 Å². The summed E-state index contributed by atoms with van der Waals surface area (Å²) >= 11 is 0. The number of piperidine rings is 1. The molecule has 0 radical (unpaired) electrons. The number of rotatable bonds is 2. The quantitative estimate of drug-likeness (QED) is 0.705. The van der Waals surface area contributed by atoms with Crippen molar-refractivity contribution in [1.29, 1.82) is 0 Å². The third kappa shape index (κ3) is 3.31. The van der Waals surface area contributed by atoms with Gasteiger partial charge >= 0.3 is 0 Å². The maximum Gasteiger partial charge on any atom is 0.253 e. The van der Waals surface area contributed by atoms with Crippen molar-refractivity contribution in [2.75, 3.05) is 18.4 Å². The van der Waals surface area contributed by atoms with Crippen LogP contribution >= 0.6 is 0 Å². The molecule has 1 aliphatic carbocycles. The number of allylic oxidation sites excluding steroid dienone is 2. The minimum Gasteiger partial charge on any atom is -0.508 e. The summed E-state index contributed by atoms with van der Waals surface area (Å²) < 4.78 is 0. The van der Waals surface area contributed by atoms with Crippen molar-refractivity contribution >= 4 is 11.6 Å². The van der Waals surface area contributed by atoms with Gasteiger partial charge in [0.1, 0.15) is 5.75 Å². The zero-order chi connectivity index (χ0) is 20.0. The highest BCUT2D eigenvalue weighted by molar-refractivity contribution is 5.95. The molecule has 29 heavy (non-hydrogen) atoms. The second-order valence-corrected chi connectivity index (χ2v) is 8.84. The Balaban J connectivity index is 1.44. The molecule has 3 unspecified atom stereocenters. The lowest BCUT2D eigenvalue weighted by Gasteiger charge is -2.38. The van der Waals surface area contributed by atoms with E-state index in [-0.39, 0.29) is 11.9 Å². The molecule has 1 fully saturated rings. The number of carbonyl (C=O) groups is 1. The fraction of sp³-hybridized carbons (Fsp3) is 0.400. The fourth-order valence-electron chi connectivity index (χ4n) is 5.13. The van der Waals surface area contributed by atoms with Crippen molar-refractivity contribution < 1.29 is 9.90 Å². The van der Waals surface area contributed by atoms with E-state index >= 15 is 0 Å². The van der Waals surface area contributed by atoms with Crippen LogP contribution in [0.5, 0.6) is 5.75 Å².